The molecule has 3 N–H and O–H groups in total. The molecular weight excluding hydrogens is 496 g/mol. The van der Waals surface area contributed by atoms with Crippen molar-refractivity contribution in [1.82, 2.24) is 20.5 Å². The fourth-order valence-corrected chi connectivity index (χ4v) is 4.91. The molecule has 5 amide bonds. The first-order valence-corrected chi connectivity index (χ1v) is 12.5. The molecule has 10 nitrogen and oxygen atoms in total. The van der Waals surface area contributed by atoms with E-state index in [1.807, 2.05) is 38.1 Å². The highest BCUT2D eigenvalue weighted by Crippen LogP contribution is 2.30. The number of nitrogens with zero attached hydrogens (tertiary/aromatic N) is 3. The highest BCUT2D eigenvalue weighted by atomic mass is 16.2. The summed E-state index contributed by atoms with van der Waals surface area (Å²) in [6.45, 7) is 4.00. The minimum absolute atomic E-state index is 0.188. The number of nitrogens with one attached hydrogen (secondary N) is 3. The first-order chi connectivity index (χ1) is 18.6. The summed E-state index contributed by atoms with van der Waals surface area (Å²) in [5.74, 6) is -1.07. The largest absolute Gasteiger partial charge is 0.329 e. The van der Waals surface area contributed by atoms with Gasteiger partial charge >= 0.3 is 6.03 Å². The Hall–Kier alpha value is -5.04. The van der Waals surface area contributed by atoms with E-state index in [4.69, 9.17) is 5.26 Å². The van der Waals surface area contributed by atoms with Crippen LogP contribution in [0.3, 0.4) is 0 Å². The van der Waals surface area contributed by atoms with Gasteiger partial charge in [0.15, 0.2) is 0 Å². The first kappa shape index (κ1) is 25.6. The van der Waals surface area contributed by atoms with Crippen LogP contribution in [0.25, 0.3) is 11.1 Å². The van der Waals surface area contributed by atoms with Crippen LogP contribution in [0.2, 0.25) is 0 Å². The minimum Gasteiger partial charge on any atom is -0.329 e. The third-order valence-electron chi connectivity index (χ3n) is 7.01. The lowest BCUT2D eigenvalue weighted by atomic mass is 9.92. The second-order valence-corrected chi connectivity index (χ2v) is 10.1. The van der Waals surface area contributed by atoms with Crippen LogP contribution < -0.4 is 16.0 Å². The third-order valence-corrected chi connectivity index (χ3v) is 7.01. The lowest BCUT2D eigenvalue weighted by Crippen LogP contribution is -2.52. The van der Waals surface area contributed by atoms with Crippen molar-refractivity contribution in [3.05, 3.63) is 83.2 Å². The van der Waals surface area contributed by atoms with Crippen molar-refractivity contribution in [2.45, 2.75) is 44.8 Å². The van der Waals surface area contributed by atoms with Crippen LogP contribution in [0.4, 0.5) is 10.5 Å². The zero-order valence-electron chi connectivity index (χ0n) is 21.4. The molecule has 0 radical (unpaired) electrons. The topological polar surface area (TPSA) is 144 Å². The SMILES string of the molecule is CC(C)(NC(=O)Nc1ccc2c(c1)CN(C1CCC(=O)NC1=O)C2=O)c1ccc(-c2cncc(C#N)c2)cc1. The average molecular weight is 523 g/mol. The lowest BCUT2D eigenvalue weighted by molar-refractivity contribution is -0.136. The van der Waals surface area contributed by atoms with Crippen molar-refractivity contribution < 1.29 is 19.2 Å². The van der Waals surface area contributed by atoms with Crippen molar-refractivity contribution in [2.24, 2.45) is 0 Å². The fourth-order valence-electron chi connectivity index (χ4n) is 4.91. The van der Waals surface area contributed by atoms with E-state index in [1.165, 1.54) is 11.1 Å². The number of piperidine rings is 1. The van der Waals surface area contributed by atoms with Gasteiger partial charge in [-0.25, -0.2) is 4.79 Å². The van der Waals surface area contributed by atoms with Crippen molar-refractivity contribution in [2.75, 3.05) is 5.32 Å². The smallest absolute Gasteiger partial charge is 0.319 e. The number of imide groups is 1. The van der Waals surface area contributed by atoms with Crippen molar-refractivity contribution >= 4 is 29.4 Å². The molecule has 0 saturated carbocycles. The van der Waals surface area contributed by atoms with Gasteiger partial charge in [0.25, 0.3) is 5.91 Å². The highest BCUT2D eigenvalue weighted by molar-refractivity contribution is 6.05. The summed E-state index contributed by atoms with van der Waals surface area (Å²) in [7, 11) is 0. The van der Waals surface area contributed by atoms with E-state index in [0.717, 1.165) is 16.7 Å². The van der Waals surface area contributed by atoms with Crippen LogP contribution in [0.1, 0.15) is 53.7 Å². The Labute approximate surface area is 225 Å². The second kappa shape index (κ2) is 10.0. The molecule has 39 heavy (non-hydrogen) atoms. The summed E-state index contributed by atoms with van der Waals surface area (Å²) in [4.78, 5) is 55.1. The predicted octanol–water partition coefficient (Wildman–Crippen LogP) is 3.44. The van der Waals surface area contributed by atoms with Crippen LogP contribution in [-0.2, 0) is 21.7 Å². The normalized spacial score (nSPS) is 16.8. The number of hydrogen-bond donors (Lipinski definition) is 3. The maximum absolute atomic E-state index is 12.9. The second-order valence-electron chi connectivity index (χ2n) is 10.1. The van der Waals surface area contributed by atoms with Crippen LogP contribution in [-0.4, -0.2) is 39.7 Å². The summed E-state index contributed by atoms with van der Waals surface area (Å²) >= 11 is 0. The Morgan fingerprint density at radius 2 is 1.85 bits per heavy atom. The summed E-state index contributed by atoms with van der Waals surface area (Å²) < 4.78 is 0. The van der Waals surface area contributed by atoms with Gasteiger partial charge < -0.3 is 15.5 Å². The molecule has 10 heteroatoms. The molecule has 0 spiro atoms. The number of rotatable bonds is 5. The molecule has 1 saturated heterocycles. The number of nitriles is 1. The molecule has 3 aromatic rings. The Morgan fingerprint density at radius 3 is 2.56 bits per heavy atom. The average Bonchev–Trinajstić information content (AvgIpc) is 3.23. The Morgan fingerprint density at radius 1 is 1.08 bits per heavy atom. The van der Waals surface area contributed by atoms with E-state index in [0.29, 0.717) is 22.4 Å². The Bertz CT molecular complexity index is 1540. The molecule has 2 aliphatic rings. The van der Waals surface area contributed by atoms with E-state index in [2.05, 4.69) is 27.0 Å². The number of hydrogen-bond acceptors (Lipinski definition) is 6. The number of anilines is 1. The molecule has 1 atom stereocenters. The number of fused-ring (bicyclic) bond motifs is 1. The predicted molar refractivity (Wildman–Crippen MR) is 142 cm³/mol. The lowest BCUT2D eigenvalue weighted by Gasteiger charge is -2.29. The molecular formula is C29H26N6O4. The summed E-state index contributed by atoms with van der Waals surface area (Å²) in [5, 5.41) is 17.2. The summed E-state index contributed by atoms with van der Waals surface area (Å²) in [6, 6.07) is 15.4. The third kappa shape index (κ3) is 5.20. The van der Waals surface area contributed by atoms with Crippen LogP contribution >= 0.6 is 0 Å². The van der Waals surface area contributed by atoms with Crippen molar-refractivity contribution in [3.8, 4) is 17.2 Å². The Kier molecular flexibility index (Phi) is 6.58. The number of aromatic nitrogens is 1. The number of amides is 5. The molecule has 1 fully saturated rings. The van der Waals surface area contributed by atoms with Gasteiger partial charge in [-0.15, -0.1) is 0 Å². The van der Waals surface area contributed by atoms with Gasteiger partial charge in [-0.3, -0.25) is 24.7 Å². The maximum atomic E-state index is 12.9. The standard InChI is InChI=1S/C29H26N6O4/c1-29(2,21-5-3-18(4-6-21)19-11-17(13-30)14-31-15-19)34-28(39)32-22-7-8-23-20(12-22)16-35(27(23)38)24-9-10-25(36)33-26(24)37/h3-8,11-12,14-15,24H,9-10,16H2,1-2H3,(H2,32,34,39)(H,33,36,37). The van der Waals surface area contributed by atoms with Gasteiger partial charge in [0.1, 0.15) is 12.1 Å². The van der Waals surface area contributed by atoms with Crippen molar-refractivity contribution in [1.29, 1.82) is 5.26 Å². The van der Waals surface area contributed by atoms with Gasteiger partial charge in [-0.05, 0) is 61.2 Å². The molecule has 3 heterocycles. The molecule has 2 aromatic carbocycles. The van der Waals surface area contributed by atoms with Gasteiger partial charge in [0.05, 0.1) is 11.1 Å². The zero-order valence-corrected chi connectivity index (χ0v) is 21.4. The number of benzene rings is 2. The van der Waals surface area contributed by atoms with E-state index in [1.54, 1.807) is 30.5 Å². The van der Waals surface area contributed by atoms with Crippen LogP contribution in [0, 0.1) is 11.3 Å². The molecule has 2 aliphatic heterocycles. The van der Waals surface area contributed by atoms with Gasteiger partial charge in [0, 0.05) is 42.2 Å². The molecule has 0 bridgehead atoms. The highest BCUT2D eigenvalue weighted by Gasteiger charge is 2.39. The van der Waals surface area contributed by atoms with Gasteiger partial charge in [-0.2, -0.15) is 5.26 Å². The van der Waals surface area contributed by atoms with E-state index in [-0.39, 0.29) is 31.2 Å². The molecule has 196 valence electrons. The number of urea groups is 1. The summed E-state index contributed by atoms with van der Waals surface area (Å²) in [5.41, 5.74) is 4.08. The van der Waals surface area contributed by atoms with Gasteiger partial charge in [0.2, 0.25) is 11.8 Å². The number of pyridine rings is 1. The van der Waals surface area contributed by atoms with E-state index in [9.17, 15) is 19.2 Å². The van der Waals surface area contributed by atoms with Crippen molar-refractivity contribution in [3.63, 3.8) is 0 Å². The minimum atomic E-state index is -0.704. The summed E-state index contributed by atoms with van der Waals surface area (Å²) in [6.07, 6.45) is 3.68. The van der Waals surface area contributed by atoms with Crippen LogP contribution in [0.15, 0.2) is 60.9 Å². The quantitative estimate of drug-likeness (QED) is 0.438. The first-order valence-electron chi connectivity index (χ1n) is 12.5. The fraction of sp³-hybridized carbons (Fsp3) is 0.241. The van der Waals surface area contributed by atoms with E-state index < -0.39 is 23.5 Å². The molecule has 0 aliphatic carbocycles. The Balaban J connectivity index is 1.24. The number of carbonyl (C=O) groups is 4. The van der Waals surface area contributed by atoms with E-state index >= 15 is 0 Å². The monoisotopic (exact) mass is 522 g/mol. The molecule has 5 rings (SSSR count). The molecule has 1 aromatic heterocycles. The number of carbonyl (C=O) groups excluding carboxylic acids is 4. The zero-order chi connectivity index (χ0) is 27.7. The molecule has 1 unspecified atom stereocenters. The van der Waals surface area contributed by atoms with Gasteiger partial charge in [-0.1, -0.05) is 24.3 Å². The van der Waals surface area contributed by atoms with Crippen LogP contribution in [0.5, 0.6) is 0 Å². The maximum Gasteiger partial charge on any atom is 0.319 e.